The fraction of sp³-hybridized carbons (Fsp3) is 0.690. The van der Waals surface area contributed by atoms with E-state index >= 15 is 0 Å². The van der Waals surface area contributed by atoms with Gasteiger partial charge in [0.2, 0.25) is 0 Å². The second-order valence-electron chi connectivity index (χ2n) is 9.05. The van der Waals surface area contributed by atoms with E-state index in [1.165, 1.54) is 6.20 Å². The number of halogens is 2. The molecule has 0 aliphatic carbocycles. The average molecular weight is 723 g/mol. The molecule has 0 spiro atoms. The highest BCUT2D eigenvalue weighted by Crippen LogP contribution is 2.13. The lowest BCUT2D eigenvalue weighted by atomic mass is 10.3. The molecule has 0 fully saturated rings. The van der Waals surface area contributed by atoms with Gasteiger partial charge in [0, 0.05) is 23.2 Å². The Labute approximate surface area is 267 Å². The zero-order valence-electron chi connectivity index (χ0n) is 25.1. The summed E-state index contributed by atoms with van der Waals surface area (Å²) in [6.07, 6.45) is 1.51. The summed E-state index contributed by atoms with van der Waals surface area (Å²) in [6, 6.07) is 5.75. The largest absolute Gasteiger partial charge is 0.378 e. The molecule has 1 aromatic carbocycles. The molecule has 0 unspecified atom stereocenters. The fourth-order valence-corrected chi connectivity index (χ4v) is 4.08. The lowest BCUT2D eigenvalue weighted by Gasteiger charge is -2.20. The summed E-state index contributed by atoms with van der Waals surface area (Å²) in [5, 5.41) is 2.92. The van der Waals surface area contributed by atoms with Crippen LogP contribution in [-0.4, -0.2) is 146 Å². The van der Waals surface area contributed by atoms with Crippen molar-refractivity contribution in [2.75, 3.05) is 125 Å². The monoisotopic (exact) mass is 722 g/mol. The molecule has 12 nitrogen and oxygen atoms in total. The predicted molar refractivity (Wildman–Crippen MR) is 168 cm³/mol. The van der Waals surface area contributed by atoms with E-state index in [4.69, 9.17) is 33.2 Å². The van der Waals surface area contributed by atoms with E-state index in [-0.39, 0.29) is 12.5 Å². The number of hydrogen-bond donors (Lipinski definition) is 1. The van der Waals surface area contributed by atoms with Crippen LogP contribution in [0.3, 0.4) is 0 Å². The van der Waals surface area contributed by atoms with Crippen molar-refractivity contribution in [3.63, 3.8) is 0 Å². The summed E-state index contributed by atoms with van der Waals surface area (Å²) in [4.78, 5) is 23.5. The molecule has 0 aliphatic rings. The molecule has 1 aromatic heterocycles. The number of carbonyl (C=O) groups is 1. The molecular formula is C29H46FIN4O8. The molecule has 1 N–H and O–H groups in total. The molecule has 2 rings (SSSR count). The molecule has 0 atom stereocenters. The van der Waals surface area contributed by atoms with Crippen LogP contribution in [0.25, 0.3) is 11.0 Å². The Hall–Kier alpha value is -1.63. The third kappa shape index (κ3) is 18.7. The van der Waals surface area contributed by atoms with Gasteiger partial charge in [-0.15, -0.1) is 0 Å². The zero-order chi connectivity index (χ0) is 30.8. The second kappa shape index (κ2) is 25.7. The zero-order valence-corrected chi connectivity index (χ0v) is 27.3. The molecule has 1 heterocycles. The molecule has 14 heteroatoms. The van der Waals surface area contributed by atoms with Crippen LogP contribution in [0.5, 0.6) is 0 Å². The normalized spacial score (nSPS) is 11.5. The minimum atomic E-state index is -0.477. The van der Waals surface area contributed by atoms with Crippen LogP contribution < -0.4 is 5.32 Å². The van der Waals surface area contributed by atoms with Crippen molar-refractivity contribution in [1.29, 1.82) is 0 Å². The first-order chi connectivity index (χ1) is 21.1. The van der Waals surface area contributed by atoms with Gasteiger partial charge in [0.1, 0.15) is 12.4 Å². The standard InChI is InChI=1S/C29H46FIN4O8/c1-2-35(7-6-32-29(36)28-24-33-27-23-25(31)3-4-26(27)34-28)8-10-38-12-14-40-16-18-42-20-22-43-21-19-41-17-15-39-13-11-37-9-5-30/h3-4,23-24H,2,5-22H2,1H3,(H,32,36)/i31-2. The van der Waals surface area contributed by atoms with Crippen molar-refractivity contribution >= 4 is 39.5 Å². The number of alkyl halides is 1. The predicted octanol–water partition coefficient (Wildman–Crippen LogP) is 2.37. The first kappa shape index (κ1) is 37.6. The average Bonchev–Trinajstić information content (AvgIpc) is 3.02. The van der Waals surface area contributed by atoms with Crippen molar-refractivity contribution in [2.24, 2.45) is 0 Å². The lowest BCUT2D eigenvalue weighted by molar-refractivity contribution is -0.0212. The number of aromatic nitrogens is 2. The molecule has 244 valence electrons. The molecule has 0 saturated carbocycles. The lowest BCUT2D eigenvalue weighted by Crippen LogP contribution is -2.37. The van der Waals surface area contributed by atoms with Gasteiger partial charge in [0.05, 0.1) is 110 Å². The van der Waals surface area contributed by atoms with E-state index in [2.05, 4.69) is 49.7 Å². The van der Waals surface area contributed by atoms with Gasteiger partial charge in [0.25, 0.3) is 5.91 Å². The Morgan fingerprint density at radius 3 is 1.79 bits per heavy atom. The summed E-state index contributed by atoms with van der Waals surface area (Å²) in [7, 11) is 0. The minimum Gasteiger partial charge on any atom is -0.378 e. The van der Waals surface area contributed by atoms with Crippen LogP contribution >= 0.6 is 22.6 Å². The van der Waals surface area contributed by atoms with Gasteiger partial charge in [0.15, 0.2) is 0 Å². The van der Waals surface area contributed by atoms with E-state index in [0.717, 1.165) is 22.2 Å². The number of nitrogens with one attached hydrogen (secondary N) is 1. The second-order valence-corrected chi connectivity index (χ2v) is 10.3. The van der Waals surface area contributed by atoms with E-state index in [9.17, 15) is 9.18 Å². The third-order valence-electron chi connectivity index (χ3n) is 5.90. The van der Waals surface area contributed by atoms with E-state index in [0.29, 0.717) is 110 Å². The van der Waals surface area contributed by atoms with Crippen LogP contribution in [0.1, 0.15) is 17.4 Å². The number of nitrogens with zero attached hydrogens (tertiary/aromatic N) is 3. The van der Waals surface area contributed by atoms with Gasteiger partial charge in [-0.25, -0.2) is 9.37 Å². The van der Waals surface area contributed by atoms with Gasteiger partial charge >= 0.3 is 0 Å². The summed E-state index contributed by atoms with van der Waals surface area (Å²) in [5.41, 5.74) is 1.79. The molecule has 1 amide bonds. The Morgan fingerprint density at radius 2 is 1.28 bits per heavy atom. The molecule has 0 aliphatic heterocycles. The summed E-state index contributed by atoms with van der Waals surface area (Å²) >= 11 is 2.22. The first-order valence-corrected chi connectivity index (χ1v) is 15.7. The number of carbonyl (C=O) groups excluding carboxylic acids is 1. The minimum absolute atomic E-state index is 0.111. The van der Waals surface area contributed by atoms with Gasteiger partial charge in [-0.3, -0.25) is 14.7 Å². The number of amides is 1. The number of benzene rings is 1. The van der Waals surface area contributed by atoms with Gasteiger partial charge in [-0.05, 0) is 47.3 Å². The Kier molecular flexibility index (Phi) is 22.4. The van der Waals surface area contributed by atoms with Gasteiger partial charge in [-0.1, -0.05) is 6.92 Å². The Balaban J connectivity index is 1.33. The van der Waals surface area contributed by atoms with Crippen molar-refractivity contribution in [1.82, 2.24) is 20.2 Å². The van der Waals surface area contributed by atoms with Crippen molar-refractivity contribution in [3.05, 3.63) is 33.7 Å². The van der Waals surface area contributed by atoms with Gasteiger partial charge < -0.3 is 38.5 Å². The van der Waals surface area contributed by atoms with Crippen molar-refractivity contribution in [3.8, 4) is 0 Å². The molecular weight excluding hydrogens is 676 g/mol. The molecule has 0 saturated heterocycles. The maximum Gasteiger partial charge on any atom is 0.271 e. The van der Waals surface area contributed by atoms with Crippen LogP contribution in [0, 0.1) is 3.57 Å². The number of likely N-dealkylation sites (N-methyl/N-ethyl adjacent to an activating group) is 1. The van der Waals surface area contributed by atoms with Crippen LogP contribution in [0.2, 0.25) is 0 Å². The smallest absolute Gasteiger partial charge is 0.271 e. The quantitative estimate of drug-likeness (QED) is 0.103. The maximum atomic E-state index is 12.5. The number of fused-ring (bicyclic) bond motifs is 1. The highest BCUT2D eigenvalue weighted by molar-refractivity contribution is 14.1. The number of ether oxygens (including phenoxy) is 7. The molecule has 0 bridgehead atoms. The Bertz CT molecular complexity index is 997. The molecule has 43 heavy (non-hydrogen) atoms. The number of rotatable bonds is 28. The summed E-state index contributed by atoms with van der Waals surface area (Å²) in [5.74, 6) is -0.229. The van der Waals surface area contributed by atoms with Crippen LogP contribution in [-0.2, 0) is 33.2 Å². The summed E-state index contributed by atoms with van der Waals surface area (Å²) in [6.45, 7) is 10.8. The van der Waals surface area contributed by atoms with E-state index in [1.54, 1.807) is 0 Å². The van der Waals surface area contributed by atoms with Gasteiger partial charge in [-0.2, -0.15) is 0 Å². The molecule has 2 aromatic rings. The highest BCUT2D eigenvalue weighted by Gasteiger charge is 2.10. The van der Waals surface area contributed by atoms with E-state index < -0.39 is 6.67 Å². The first-order valence-electron chi connectivity index (χ1n) is 14.7. The maximum absolute atomic E-state index is 12.5. The third-order valence-corrected chi connectivity index (χ3v) is 6.57. The fourth-order valence-electron chi connectivity index (χ4n) is 3.61. The number of hydrogen-bond acceptors (Lipinski definition) is 11. The van der Waals surface area contributed by atoms with Crippen LogP contribution in [0.15, 0.2) is 24.4 Å². The Morgan fingerprint density at radius 1 is 0.767 bits per heavy atom. The van der Waals surface area contributed by atoms with Crippen LogP contribution in [0.4, 0.5) is 4.39 Å². The van der Waals surface area contributed by atoms with Crippen molar-refractivity contribution in [2.45, 2.75) is 6.92 Å². The van der Waals surface area contributed by atoms with E-state index in [1.807, 2.05) is 18.2 Å². The topological polar surface area (TPSA) is 123 Å². The highest BCUT2D eigenvalue weighted by atomic mass is 125. The molecule has 0 radical (unpaired) electrons. The SMILES string of the molecule is CCN(CCNC(=O)c1cnc2cc([125I])ccc2n1)CCOCCOCCOCCOCCOCCOCCOCCF. The summed E-state index contributed by atoms with van der Waals surface area (Å²) < 4.78 is 50.7. The van der Waals surface area contributed by atoms with Crippen molar-refractivity contribution < 1.29 is 42.3 Å².